The van der Waals surface area contributed by atoms with Crippen LogP contribution in [-0.2, 0) is 11.3 Å². The maximum absolute atomic E-state index is 12.8. The number of amides is 2. The monoisotopic (exact) mass is 561 g/mol. The van der Waals surface area contributed by atoms with Gasteiger partial charge in [-0.15, -0.1) is 13.2 Å². The molecule has 1 aliphatic rings. The van der Waals surface area contributed by atoms with Crippen LogP contribution in [0.25, 0.3) is 21.3 Å². The van der Waals surface area contributed by atoms with Gasteiger partial charge in [0.2, 0.25) is 11.9 Å². The zero-order valence-electron chi connectivity index (χ0n) is 21.2. The molecular formula is C25H26F3N7O3S. The summed E-state index contributed by atoms with van der Waals surface area (Å²) in [5.41, 5.74) is 2.24. The van der Waals surface area contributed by atoms with Crippen molar-refractivity contribution >= 4 is 55.5 Å². The van der Waals surface area contributed by atoms with Crippen molar-refractivity contribution < 1.29 is 27.5 Å². The van der Waals surface area contributed by atoms with Gasteiger partial charge in [-0.25, -0.2) is 9.97 Å². The molecule has 206 valence electrons. The molecule has 0 aliphatic carbocycles. The minimum absolute atomic E-state index is 0.0792. The van der Waals surface area contributed by atoms with Crippen LogP contribution in [0.15, 0.2) is 36.4 Å². The van der Waals surface area contributed by atoms with E-state index in [1.165, 1.54) is 18.2 Å². The van der Waals surface area contributed by atoms with E-state index in [2.05, 4.69) is 30.2 Å². The van der Waals surface area contributed by atoms with Gasteiger partial charge in [0.05, 0.1) is 27.8 Å². The van der Waals surface area contributed by atoms with Crippen LogP contribution in [0.3, 0.4) is 0 Å². The van der Waals surface area contributed by atoms with Gasteiger partial charge in [-0.3, -0.25) is 9.59 Å². The Labute approximate surface area is 225 Å². The highest BCUT2D eigenvalue weighted by Gasteiger charge is 2.31. The number of rotatable bonds is 7. The molecule has 3 heterocycles. The molecule has 0 spiro atoms. The Balaban J connectivity index is 1.30. The number of fused-ring (bicyclic) bond motifs is 2. The number of halogens is 3. The van der Waals surface area contributed by atoms with Crippen LogP contribution in [0.5, 0.6) is 5.75 Å². The second-order valence-electron chi connectivity index (χ2n) is 9.07. The summed E-state index contributed by atoms with van der Waals surface area (Å²) in [7, 11) is 2.01. The Morgan fingerprint density at radius 3 is 2.54 bits per heavy atom. The molecule has 14 heteroatoms. The molecule has 0 bridgehead atoms. The van der Waals surface area contributed by atoms with E-state index >= 15 is 0 Å². The first-order valence-electron chi connectivity index (χ1n) is 12.3. The van der Waals surface area contributed by atoms with Gasteiger partial charge in [0.1, 0.15) is 5.75 Å². The van der Waals surface area contributed by atoms with E-state index in [4.69, 9.17) is 0 Å². The highest BCUT2D eigenvalue weighted by molar-refractivity contribution is 7.22. The maximum Gasteiger partial charge on any atom is 0.573 e. The fourth-order valence-electron chi connectivity index (χ4n) is 4.36. The molecule has 2 aromatic carbocycles. The predicted molar refractivity (Wildman–Crippen MR) is 141 cm³/mol. The topological polar surface area (TPSA) is 105 Å². The highest BCUT2D eigenvalue weighted by Crippen LogP contribution is 2.33. The van der Waals surface area contributed by atoms with Gasteiger partial charge in [-0.2, -0.15) is 0 Å². The van der Waals surface area contributed by atoms with Crippen molar-refractivity contribution in [3.8, 4) is 5.75 Å². The van der Waals surface area contributed by atoms with Gasteiger partial charge >= 0.3 is 6.36 Å². The Bertz CT molecular complexity index is 1530. The zero-order chi connectivity index (χ0) is 27.7. The van der Waals surface area contributed by atoms with Crippen LogP contribution < -0.4 is 15.4 Å². The van der Waals surface area contributed by atoms with Gasteiger partial charge in [-0.1, -0.05) is 11.3 Å². The van der Waals surface area contributed by atoms with Crippen LogP contribution in [0.1, 0.15) is 17.3 Å². The lowest BCUT2D eigenvalue weighted by Crippen LogP contribution is -2.50. The number of carbonyl (C=O) groups is 2. The molecule has 1 saturated heterocycles. The SMILES string of the molecule is CCn1c(Nc2nc3ccc(OC(F)(F)F)cc3s2)nc2cc(C(=O)NCC(=O)N3CCN(C)CC3)ccc21. The molecule has 0 saturated carbocycles. The summed E-state index contributed by atoms with van der Waals surface area (Å²) in [6.07, 6.45) is -4.78. The number of benzene rings is 2. The number of imidazole rings is 1. The Kier molecular flexibility index (Phi) is 7.32. The van der Waals surface area contributed by atoms with Crippen LogP contribution >= 0.6 is 11.3 Å². The highest BCUT2D eigenvalue weighted by atomic mass is 32.1. The molecule has 2 amide bonds. The van der Waals surface area contributed by atoms with Crippen LogP contribution in [0.2, 0.25) is 0 Å². The number of aryl methyl sites for hydroxylation is 1. The van der Waals surface area contributed by atoms with Gasteiger partial charge in [0, 0.05) is 44.4 Å². The number of likely N-dealkylation sites (N-methyl/N-ethyl adjacent to an activating group) is 1. The smallest absolute Gasteiger partial charge is 0.406 e. The van der Waals surface area contributed by atoms with Crippen LogP contribution in [0.4, 0.5) is 24.3 Å². The van der Waals surface area contributed by atoms with Crippen molar-refractivity contribution in [3.63, 3.8) is 0 Å². The number of anilines is 2. The average Bonchev–Trinajstić information content (AvgIpc) is 3.45. The number of hydrogen-bond donors (Lipinski definition) is 2. The number of alkyl halides is 3. The summed E-state index contributed by atoms with van der Waals surface area (Å²) < 4.78 is 44.1. The number of thiazole rings is 1. The quantitative estimate of drug-likeness (QED) is 0.354. The van der Waals surface area contributed by atoms with Crippen molar-refractivity contribution in [1.82, 2.24) is 29.7 Å². The third-order valence-corrected chi connectivity index (χ3v) is 7.33. The molecule has 1 fully saturated rings. The number of hydrogen-bond acceptors (Lipinski definition) is 8. The van der Waals surface area contributed by atoms with Crippen molar-refractivity contribution in [3.05, 3.63) is 42.0 Å². The number of aromatic nitrogens is 3. The van der Waals surface area contributed by atoms with Crippen molar-refractivity contribution in [2.45, 2.75) is 19.8 Å². The van der Waals surface area contributed by atoms with Crippen molar-refractivity contribution in [2.75, 3.05) is 45.1 Å². The van der Waals surface area contributed by atoms with E-state index in [1.54, 1.807) is 23.1 Å². The van der Waals surface area contributed by atoms with E-state index in [1.807, 2.05) is 18.5 Å². The lowest BCUT2D eigenvalue weighted by molar-refractivity contribution is -0.274. The summed E-state index contributed by atoms with van der Waals surface area (Å²) >= 11 is 1.16. The maximum atomic E-state index is 12.8. The Morgan fingerprint density at radius 1 is 1.05 bits per heavy atom. The third-order valence-electron chi connectivity index (χ3n) is 6.40. The fourth-order valence-corrected chi connectivity index (χ4v) is 5.25. The molecule has 0 atom stereocenters. The molecular weight excluding hydrogens is 535 g/mol. The molecule has 5 rings (SSSR count). The van der Waals surface area contributed by atoms with E-state index < -0.39 is 6.36 Å². The number of nitrogens with one attached hydrogen (secondary N) is 2. The molecule has 2 N–H and O–H groups in total. The fraction of sp³-hybridized carbons (Fsp3) is 0.360. The first kappa shape index (κ1) is 26.7. The van der Waals surface area contributed by atoms with Gasteiger partial charge < -0.3 is 29.7 Å². The predicted octanol–water partition coefficient (Wildman–Crippen LogP) is 3.81. The van der Waals surface area contributed by atoms with Crippen LogP contribution in [0, 0.1) is 0 Å². The number of piperazine rings is 1. The summed E-state index contributed by atoms with van der Waals surface area (Å²) in [5, 5.41) is 6.28. The molecule has 1 aliphatic heterocycles. The van der Waals surface area contributed by atoms with Crippen LogP contribution in [-0.4, -0.2) is 82.3 Å². The summed E-state index contributed by atoms with van der Waals surface area (Å²) in [6, 6.07) is 9.07. The van der Waals surface area contributed by atoms with Gasteiger partial charge in [0.25, 0.3) is 5.91 Å². The van der Waals surface area contributed by atoms with Gasteiger partial charge in [-0.05, 0) is 44.3 Å². The molecule has 0 unspecified atom stereocenters. The molecule has 0 radical (unpaired) electrons. The van der Waals surface area contributed by atoms with E-state index in [9.17, 15) is 22.8 Å². The Morgan fingerprint density at radius 2 is 1.82 bits per heavy atom. The zero-order valence-corrected chi connectivity index (χ0v) is 22.0. The van der Waals surface area contributed by atoms with Crippen molar-refractivity contribution in [2.24, 2.45) is 0 Å². The summed E-state index contributed by atoms with van der Waals surface area (Å²) in [6.45, 7) is 5.31. The lowest BCUT2D eigenvalue weighted by atomic mass is 10.2. The minimum atomic E-state index is -4.78. The molecule has 2 aromatic heterocycles. The van der Waals surface area contributed by atoms with Crippen molar-refractivity contribution in [1.29, 1.82) is 0 Å². The number of carbonyl (C=O) groups excluding carboxylic acids is 2. The Hall–Kier alpha value is -3.91. The third kappa shape index (κ3) is 6.06. The second-order valence-corrected chi connectivity index (χ2v) is 10.1. The normalized spacial score (nSPS) is 14.6. The average molecular weight is 562 g/mol. The van der Waals surface area contributed by atoms with E-state index in [0.29, 0.717) is 52.0 Å². The number of ether oxygens (including phenoxy) is 1. The van der Waals surface area contributed by atoms with E-state index in [-0.39, 0.29) is 24.1 Å². The first-order valence-corrected chi connectivity index (χ1v) is 13.1. The molecule has 10 nitrogen and oxygen atoms in total. The summed E-state index contributed by atoms with van der Waals surface area (Å²) in [5.74, 6) is -0.335. The first-order chi connectivity index (χ1) is 18.6. The lowest BCUT2D eigenvalue weighted by Gasteiger charge is -2.32. The molecule has 39 heavy (non-hydrogen) atoms. The largest absolute Gasteiger partial charge is 0.573 e. The standard InChI is InChI=1S/C25H26F3N7O3S/c1-3-35-19-7-4-15(22(37)29-14-21(36)34-10-8-33(2)9-11-34)12-18(19)30-23(35)32-24-31-17-6-5-16(13-20(17)39-24)38-25(26,27)28/h4-7,12-13H,3,8-11,14H2,1-2H3,(H,29,37)(H,30,31,32). The minimum Gasteiger partial charge on any atom is -0.406 e. The molecule has 4 aromatic rings. The van der Waals surface area contributed by atoms with Gasteiger partial charge in [0.15, 0.2) is 5.13 Å². The second kappa shape index (κ2) is 10.7. The number of nitrogens with zero attached hydrogens (tertiary/aromatic N) is 5. The van der Waals surface area contributed by atoms with E-state index in [0.717, 1.165) is 29.9 Å². The summed E-state index contributed by atoms with van der Waals surface area (Å²) in [4.78, 5) is 38.2.